The zero-order valence-electron chi connectivity index (χ0n) is 8.45. The second-order valence-electron chi connectivity index (χ2n) is 2.35. The summed E-state index contributed by atoms with van der Waals surface area (Å²) < 4.78 is 39.0. The first-order chi connectivity index (χ1) is 7.39. The zero-order chi connectivity index (χ0) is 12.8. The largest absolute Gasteiger partial charge is 0.491 e. The Morgan fingerprint density at radius 2 is 1.75 bits per heavy atom. The van der Waals surface area contributed by atoms with E-state index in [2.05, 4.69) is 14.7 Å². The number of ether oxygens (including phenoxy) is 1. The van der Waals surface area contributed by atoms with Gasteiger partial charge in [0.25, 0.3) is 0 Å². The summed E-state index contributed by atoms with van der Waals surface area (Å²) in [5, 5.41) is 7.00. The molecule has 1 aromatic heterocycles. The first-order valence-electron chi connectivity index (χ1n) is 3.92. The third-order valence-corrected chi connectivity index (χ3v) is 1.20. The molecule has 0 aliphatic carbocycles. The zero-order valence-corrected chi connectivity index (χ0v) is 8.45. The molecule has 0 aromatic carbocycles. The predicted molar refractivity (Wildman–Crippen MR) is 46.6 cm³/mol. The van der Waals surface area contributed by atoms with Crippen LogP contribution in [0.1, 0.15) is 5.82 Å². The van der Waals surface area contributed by atoms with Gasteiger partial charge in [0.1, 0.15) is 5.82 Å². The molecule has 0 saturated heterocycles. The van der Waals surface area contributed by atoms with E-state index >= 15 is 0 Å². The van der Waals surface area contributed by atoms with Crippen molar-refractivity contribution < 1.29 is 27.8 Å². The Hall–Kier alpha value is -1.70. The summed E-state index contributed by atoms with van der Waals surface area (Å²) in [6.45, 7) is 1.55. The van der Waals surface area contributed by atoms with Gasteiger partial charge in [-0.15, -0.1) is 0 Å². The van der Waals surface area contributed by atoms with Gasteiger partial charge in [0.2, 0.25) is 0 Å². The maximum Gasteiger partial charge on any atom is 0.491 e. The lowest BCUT2D eigenvalue weighted by atomic mass is 10.5. The normalized spacial score (nSPS) is 10.1. The van der Waals surface area contributed by atoms with Crippen LogP contribution in [0.4, 0.5) is 13.2 Å². The maximum atomic E-state index is 11.7. The number of aromatic nitrogens is 2. The molecule has 0 atom stereocenters. The highest BCUT2D eigenvalue weighted by atomic mass is 19.4. The number of hydrogen-bond donors (Lipinski definition) is 1. The molecule has 0 fully saturated rings. The van der Waals surface area contributed by atoms with Gasteiger partial charge in [-0.1, -0.05) is 0 Å². The second-order valence-corrected chi connectivity index (χ2v) is 2.35. The van der Waals surface area contributed by atoms with E-state index in [0.29, 0.717) is 5.82 Å². The maximum absolute atomic E-state index is 11.7. The third-order valence-electron chi connectivity index (χ3n) is 1.20. The molecule has 0 spiro atoms. The predicted octanol–water partition coefficient (Wildman–Crippen LogP) is 0.861. The van der Waals surface area contributed by atoms with Crippen molar-refractivity contribution >= 4 is 5.97 Å². The van der Waals surface area contributed by atoms with Crippen LogP contribution in [0.3, 0.4) is 0 Å². The minimum atomic E-state index is -5.01. The van der Waals surface area contributed by atoms with Gasteiger partial charge >= 0.3 is 12.1 Å². The number of carbonyl (C=O) groups excluding carboxylic acids is 1. The molecule has 0 aliphatic rings. The number of esters is 1. The van der Waals surface area contributed by atoms with Crippen LogP contribution < -0.4 is 4.74 Å². The fourth-order valence-electron chi connectivity index (χ4n) is 0.598. The number of aliphatic hydroxyl groups is 1. The third kappa shape index (κ3) is 4.69. The summed E-state index contributed by atoms with van der Waals surface area (Å²) >= 11 is 0. The average molecular weight is 238 g/mol. The standard InChI is InChI=1S/C7H5F3N2O2.CH4O/c1-4-11-2-5(3-12-4)14-6(13)7(8,9)10;1-2/h2-3H,1H3;2H,1H3. The molecular weight excluding hydrogens is 229 g/mol. The average Bonchev–Trinajstić information content (AvgIpc) is 2.23. The van der Waals surface area contributed by atoms with E-state index in [-0.39, 0.29) is 5.75 Å². The van der Waals surface area contributed by atoms with Crippen molar-refractivity contribution in [3.05, 3.63) is 18.2 Å². The van der Waals surface area contributed by atoms with Crippen LogP contribution in [-0.2, 0) is 4.79 Å². The molecule has 0 saturated carbocycles. The molecular formula is C8H9F3N2O3. The highest BCUT2D eigenvalue weighted by molar-refractivity contribution is 5.77. The SMILES string of the molecule is CO.Cc1ncc(OC(=O)C(F)(F)F)cn1. The molecule has 1 N–H and O–H groups in total. The van der Waals surface area contributed by atoms with E-state index in [1.807, 2.05) is 0 Å². The van der Waals surface area contributed by atoms with Gasteiger partial charge in [-0.25, -0.2) is 14.8 Å². The number of nitrogens with zero attached hydrogens (tertiary/aromatic N) is 2. The van der Waals surface area contributed by atoms with Crippen LogP contribution >= 0.6 is 0 Å². The minimum Gasteiger partial charge on any atom is -0.417 e. The lowest BCUT2D eigenvalue weighted by Crippen LogP contribution is -2.28. The smallest absolute Gasteiger partial charge is 0.417 e. The van der Waals surface area contributed by atoms with Crippen molar-refractivity contribution in [1.29, 1.82) is 0 Å². The summed E-state index contributed by atoms with van der Waals surface area (Å²) in [7, 11) is 1.00. The van der Waals surface area contributed by atoms with E-state index in [0.717, 1.165) is 19.5 Å². The van der Waals surface area contributed by atoms with Gasteiger partial charge in [-0.05, 0) is 6.92 Å². The van der Waals surface area contributed by atoms with E-state index in [9.17, 15) is 18.0 Å². The van der Waals surface area contributed by atoms with Crippen molar-refractivity contribution in [2.24, 2.45) is 0 Å². The monoisotopic (exact) mass is 238 g/mol. The first kappa shape index (κ1) is 14.3. The van der Waals surface area contributed by atoms with Gasteiger partial charge in [-0.2, -0.15) is 13.2 Å². The van der Waals surface area contributed by atoms with Crippen LogP contribution in [0.25, 0.3) is 0 Å². The Bertz CT molecular complexity index is 337. The summed E-state index contributed by atoms with van der Waals surface area (Å²) in [5.74, 6) is -2.25. The molecule has 1 rings (SSSR count). The van der Waals surface area contributed by atoms with Gasteiger partial charge in [0.15, 0.2) is 5.75 Å². The molecule has 5 nitrogen and oxygen atoms in total. The minimum absolute atomic E-state index is 0.335. The lowest BCUT2D eigenvalue weighted by molar-refractivity contribution is -0.189. The summed E-state index contributed by atoms with van der Waals surface area (Å²) in [6.07, 6.45) is -3.02. The fraction of sp³-hybridized carbons (Fsp3) is 0.375. The van der Waals surface area contributed by atoms with Gasteiger partial charge in [0, 0.05) is 7.11 Å². The van der Waals surface area contributed by atoms with Crippen LogP contribution in [0, 0.1) is 6.92 Å². The Labute approximate surface area is 88.9 Å². The molecule has 0 aliphatic heterocycles. The molecule has 0 amide bonds. The van der Waals surface area contributed by atoms with Gasteiger partial charge in [-0.3, -0.25) is 0 Å². The highest BCUT2D eigenvalue weighted by Gasteiger charge is 2.41. The molecule has 90 valence electrons. The van der Waals surface area contributed by atoms with Gasteiger partial charge < -0.3 is 9.84 Å². The van der Waals surface area contributed by atoms with E-state index in [4.69, 9.17) is 5.11 Å². The number of carbonyl (C=O) groups is 1. The number of alkyl halides is 3. The topological polar surface area (TPSA) is 72.3 Å². The molecule has 16 heavy (non-hydrogen) atoms. The summed E-state index contributed by atoms with van der Waals surface area (Å²) in [6, 6.07) is 0. The quantitative estimate of drug-likeness (QED) is 0.734. The van der Waals surface area contributed by atoms with Crippen LogP contribution in [-0.4, -0.2) is 34.3 Å². The number of hydrogen-bond acceptors (Lipinski definition) is 5. The number of rotatable bonds is 1. The Kier molecular flexibility index (Phi) is 5.37. The molecule has 1 aromatic rings. The number of aliphatic hydroxyl groups excluding tert-OH is 1. The molecule has 0 bridgehead atoms. The molecule has 0 radical (unpaired) electrons. The molecule has 1 heterocycles. The summed E-state index contributed by atoms with van der Waals surface area (Å²) in [5.41, 5.74) is 0. The number of halogens is 3. The second kappa shape index (κ2) is 6.01. The Morgan fingerprint density at radius 1 is 1.31 bits per heavy atom. The fourth-order valence-corrected chi connectivity index (χ4v) is 0.598. The van der Waals surface area contributed by atoms with Crippen LogP contribution in [0.15, 0.2) is 12.4 Å². The van der Waals surface area contributed by atoms with E-state index in [1.54, 1.807) is 6.92 Å². The van der Waals surface area contributed by atoms with Crippen molar-refractivity contribution in [2.75, 3.05) is 7.11 Å². The van der Waals surface area contributed by atoms with Crippen molar-refractivity contribution in [2.45, 2.75) is 13.1 Å². The summed E-state index contributed by atoms with van der Waals surface area (Å²) in [4.78, 5) is 17.4. The van der Waals surface area contributed by atoms with Crippen molar-refractivity contribution in [3.63, 3.8) is 0 Å². The van der Waals surface area contributed by atoms with E-state index in [1.165, 1.54) is 0 Å². The van der Waals surface area contributed by atoms with Crippen LogP contribution in [0.2, 0.25) is 0 Å². The highest BCUT2D eigenvalue weighted by Crippen LogP contribution is 2.18. The lowest BCUT2D eigenvalue weighted by Gasteiger charge is -2.05. The van der Waals surface area contributed by atoms with E-state index < -0.39 is 12.1 Å². The Morgan fingerprint density at radius 3 is 2.12 bits per heavy atom. The molecule has 8 heteroatoms. The van der Waals surface area contributed by atoms with Crippen molar-refractivity contribution in [1.82, 2.24) is 9.97 Å². The van der Waals surface area contributed by atoms with Gasteiger partial charge in [0.05, 0.1) is 12.4 Å². The van der Waals surface area contributed by atoms with Crippen LogP contribution in [0.5, 0.6) is 5.75 Å². The molecule has 0 unspecified atom stereocenters. The van der Waals surface area contributed by atoms with Crippen molar-refractivity contribution in [3.8, 4) is 5.75 Å². The Balaban J connectivity index is 0.00000106. The number of aryl methyl sites for hydroxylation is 1. The first-order valence-corrected chi connectivity index (χ1v) is 3.92.